The molecule has 3 aliphatic heterocycles. The number of carbonyl (C=O) groups excluding carboxylic acids is 2. The lowest BCUT2D eigenvalue weighted by molar-refractivity contribution is -0.114. The third kappa shape index (κ3) is 4.14. The molecule has 0 radical (unpaired) electrons. The average molecular weight is 385 g/mol. The number of carbonyl (C=O) groups is 2. The van der Waals surface area contributed by atoms with Crippen LogP contribution in [0.5, 0.6) is 10.8 Å². The van der Waals surface area contributed by atoms with Gasteiger partial charge in [-0.05, 0) is 56.1 Å². The fourth-order valence-electron chi connectivity index (χ4n) is 3.82. The molecule has 0 saturated carbocycles. The summed E-state index contributed by atoms with van der Waals surface area (Å²) >= 11 is 1.31. The molecule has 2 aromatic rings. The first kappa shape index (κ1) is 18.0. The summed E-state index contributed by atoms with van der Waals surface area (Å²) in [6, 6.07) is 11.1. The van der Waals surface area contributed by atoms with Gasteiger partial charge in [-0.2, -0.15) is 0 Å². The third-order valence-electron chi connectivity index (χ3n) is 5.19. The molecule has 0 unspecified atom stereocenters. The van der Waals surface area contributed by atoms with Gasteiger partial charge in [0.05, 0.1) is 10.6 Å². The number of benzene rings is 1. The average Bonchev–Trinajstić information content (AvgIpc) is 3.13. The first-order valence-electron chi connectivity index (χ1n) is 9.26. The van der Waals surface area contributed by atoms with Crippen LogP contribution in [0.2, 0.25) is 0 Å². The molecule has 3 fully saturated rings. The maximum atomic E-state index is 12.6. The van der Waals surface area contributed by atoms with E-state index in [0.717, 1.165) is 19.6 Å². The number of para-hydroxylation sites is 2. The van der Waals surface area contributed by atoms with Gasteiger partial charge in [-0.3, -0.25) is 9.59 Å². The van der Waals surface area contributed by atoms with Gasteiger partial charge >= 0.3 is 0 Å². The molecule has 6 nitrogen and oxygen atoms in total. The van der Waals surface area contributed by atoms with Gasteiger partial charge in [0.2, 0.25) is 5.91 Å². The molecule has 3 aliphatic rings. The molecule has 7 heteroatoms. The summed E-state index contributed by atoms with van der Waals surface area (Å²) in [7, 11) is 0. The molecule has 1 aromatic heterocycles. The number of amides is 2. The molecule has 2 bridgehead atoms. The maximum absolute atomic E-state index is 12.6. The van der Waals surface area contributed by atoms with E-state index in [1.807, 2.05) is 12.1 Å². The quantitative estimate of drug-likeness (QED) is 0.828. The highest BCUT2D eigenvalue weighted by Crippen LogP contribution is 2.34. The summed E-state index contributed by atoms with van der Waals surface area (Å²) in [5.41, 5.74) is 0.608. The normalized spacial score (nSPS) is 23.7. The van der Waals surface area contributed by atoms with Crippen molar-refractivity contribution >= 4 is 28.8 Å². The van der Waals surface area contributed by atoms with Crippen LogP contribution >= 0.6 is 11.3 Å². The molecule has 0 spiro atoms. The predicted octanol–water partition coefficient (Wildman–Crippen LogP) is 3.32. The Balaban J connectivity index is 1.41. The van der Waals surface area contributed by atoms with Gasteiger partial charge in [0, 0.05) is 19.5 Å². The van der Waals surface area contributed by atoms with Crippen LogP contribution in [0.3, 0.4) is 0 Å². The number of nitrogens with zero attached hydrogens (tertiary/aromatic N) is 1. The van der Waals surface area contributed by atoms with Crippen LogP contribution in [-0.4, -0.2) is 42.4 Å². The number of nitrogens with one attached hydrogen (secondary N) is 2. The van der Waals surface area contributed by atoms with E-state index in [2.05, 4.69) is 15.5 Å². The Morgan fingerprint density at radius 2 is 1.93 bits per heavy atom. The number of hydrogen-bond acceptors (Lipinski definition) is 5. The zero-order valence-electron chi connectivity index (χ0n) is 15.2. The van der Waals surface area contributed by atoms with Crippen LogP contribution < -0.4 is 15.4 Å². The van der Waals surface area contributed by atoms with Crippen LogP contribution in [0, 0.1) is 5.92 Å². The minimum Gasteiger partial charge on any atom is -0.444 e. The molecular weight excluding hydrogens is 362 g/mol. The van der Waals surface area contributed by atoms with Crippen molar-refractivity contribution in [2.75, 3.05) is 25.0 Å². The Kier molecular flexibility index (Phi) is 5.13. The van der Waals surface area contributed by atoms with E-state index in [0.29, 0.717) is 27.3 Å². The summed E-state index contributed by atoms with van der Waals surface area (Å²) in [5, 5.41) is 6.57. The molecule has 2 N–H and O–H groups in total. The van der Waals surface area contributed by atoms with Crippen molar-refractivity contribution in [2.24, 2.45) is 5.92 Å². The van der Waals surface area contributed by atoms with Gasteiger partial charge in [-0.25, -0.2) is 0 Å². The third-order valence-corrected chi connectivity index (χ3v) is 6.15. The van der Waals surface area contributed by atoms with Crippen LogP contribution in [0.4, 0.5) is 5.69 Å². The highest BCUT2D eigenvalue weighted by molar-refractivity contribution is 7.15. The molecule has 2 amide bonds. The van der Waals surface area contributed by atoms with Gasteiger partial charge < -0.3 is 20.3 Å². The highest BCUT2D eigenvalue weighted by Gasteiger charge is 2.35. The standard InChI is InChI=1S/C20H23N3O3S/c1-13(24)21-15-4-2-3-5-17(15)26-19-7-6-18(27-19)20(25)22-16-12-23-10-8-14(16)9-11-23/h2-7,14,16H,8-12H2,1H3,(H,21,24)(H,22,25)/t16-/m0/s1. The second-order valence-corrected chi connectivity index (χ2v) is 8.16. The molecule has 142 valence electrons. The number of rotatable bonds is 5. The van der Waals surface area contributed by atoms with Crippen molar-refractivity contribution in [3.63, 3.8) is 0 Å². The van der Waals surface area contributed by atoms with Crippen LogP contribution in [0.1, 0.15) is 29.4 Å². The largest absolute Gasteiger partial charge is 0.444 e. The predicted molar refractivity (Wildman–Crippen MR) is 106 cm³/mol. The maximum Gasteiger partial charge on any atom is 0.261 e. The summed E-state index contributed by atoms with van der Waals surface area (Å²) in [6.07, 6.45) is 2.34. The van der Waals surface area contributed by atoms with E-state index in [1.165, 1.54) is 31.1 Å². The lowest BCUT2D eigenvalue weighted by atomic mass is 9.84. The Labute approximate surface area is 162 Å². The Morgan fingerprint density at radius 1 is 1.15 bits per heavy atom. The van der Waals surface area contributed by atoms with Crippen LogP contribution in [0.25, 0.3) is 0 Å². The molecule has 4 heterocycles. The van der Waals surface area contributed by atoms with Gasteiger partial charge in [-0.1, -0.05) is 23.5 Å². The van der Waals surface area contributed by atoms with E-state index in [9.17, 15) is 9.59 Å². The molecule has 1 aromatic carbocycles. The van der Waals surface area contributed by atoms with Gasteiger partial charge in [0.25, 0.3) is 5.91 Å². The number of ether oxygens (including phenoxy) is 1. The Morgan fingerprint density at radius 3 is 2.63 bits per heavy atom. The summed E-state index contributed by atoms with van der Waals surface area (Å²) in [4.78, 5) is 27.0. The molecule has 1 atom stereocenters. The Hall–Kier alpha value is -2.38. The first-order chi connectivity index (χ1) is 13.1. The number of hydrogen-bond donors (Lipinski definition) is 2. The summed E-state index contributed by atoms with van der Waals surface area (Å²) < 4.78 is 5.90. The minimum absolute atomic E-state index is 0.0382. The molecule has 5 rings (SSSR count). The van der Waals surface area contributed by atoms with Crippen molar-refractivity contribution in [3.8, 4) is 10.8 Å². The van der Waals surface area contributed by atoms with Gasteiger partial charge in [0.15, 0.2) is 10.8 Å². The van der Waals surface area contributed by atoms with Crippen LogP contribution in [-0.2, 0) is 4.79 Å². The van der Waals surface area contributed by atoms with E-state index < -0.39 is 0 Å². The molecular formula is C20H23N3O3S. The second kappa shape index (κ2) is 7.70. The Bertz CT molecular complexity index is 843. The van der Waals surface area contributed by atoms with Crippen molar-refractivity contribution in [3.05, 3.63) is 41.3 Å². The molecule has 0 aliphatic carbocycles. The first-order valence-corrected chi connectivity index (χ1v) is 10.1. The topological polar surface area (TPSA) is 70.7 Å². The van der Waals surface area contributed by atoms with Crippen molar-refractivity contribution < 1.29 is 14.3 Å². The molecule has 3 saturated heterocycles. The minimum atomic E-state index is -0.158. The van der Waals surface area contributed by atoms with E-state index in [4.69, 9.17) is 4.74 Å². The number of fused-ring (bicyclic) bond motifs is 3. The number of piperidine rings is 3. The van der Waals surface area contributed by atoms with Crippen molar-refractivity contribution in [2.45, 2.75) is 25.8 Å². The number of thiophene rings is 1. The van der Waals surface area contributed by atoms with Gasteiger partial charge in [0.1, 0.15) is 0 Å². The van der Waals surface area contributed by atoms with Crippen molar-refractivity contribution in [1.29, 1.82) is 0 Å². The fraction of sp³-hybridized carbons (Fsp3) is 0.400. The smallest absolute Gasteiger partial charge is 0.261 e. The zero-order valence-corrected chi connectivity index (χ0v) is 16.1. The summed E-state index contributed by atoms with van der Waals surface area (Å²) in [6.45, 7) is 4.72. The monoisotopic (exact) mass is 385 g/mol. The molecule has 27 heavy (non-hydrogen) atoms. The summed E-state index contributed by atoms with van der Waals surface area (Å²) in [5.74, 6) is 0.955. The highest BCUT2D eigenvalue weighted by atomic mass is 32.1. The van der Waals surface area contributed by atoms with E-state index >= 15 is 0 Å². The zero-order chi connectivity index (χ0) is 18.8. The second-order valence-electron chi connectivity index (χ2n) is 7.12. The van der Waals surface area contributed by atoms with Crippen LogP contribution in [0.15, 0.2) is 36.4 Å². The fourth-order valence-corrected chi connectivity index (χ4v) is 4.59. The van der Waals surface area contributed by atoms with E-state index in [-0.39, 0.29) is 17.9 Å². The lowest BCUT2D eigenvalue weighted by Gasteiger charge is -2.44. The van der Waals surface area contributed by atoms with Crippen molar-refractivity contribution in [1.82, 2.24) is 10.2 Å². The van der Waals surface area contributed by atoms with E-state index in [1.54, 1.807) is 24.3 Å². The number of anilines is 1. The lowest BCUT2D eigenvalue weighted by Crippen LogP contribution is -2.57. The van der Waals surface area contributed by atoms with Gasteiger partial charge in [-0.15, -0.1) is 0 Å². The SMILES string of the molecule is CC(=O)Nc1ccccc1Oc1ccc(C(=O)N[C@H]2CN3CCC2CC3)s1.